The van der Waals surface area contributed by atoms with Crippen molar-refractivity contribution < 1.29 is 14.3 Å². The summed E-state index contributed by atoms with van der Waals surface area (Å²) in [5.41, 5.74) is 0. The Kier molecular flexibility index (Phi) is 6.30. The first-order valence-electron chi connectivity index (χ1n) is 8.15. The number of carbonyl (C=O) groups is 1. The van der Waals surface area contributed by atoms with Crippen molar-refractivity contribution in [3.63, 3.8) is 0 Å². The predicted molar refractivity (Wildman–Crippen MR) is 78.6 cm³/mol. The lowest BCUT2D eigenvalue weighted by Gasteiger charge is -2.23. The fourth-order valence-corrected chi connectivity index (χ4v) is 2.59. The minimum absolute atomic E-state index is 0.255. The van der Waals surface area contributed by atoms with Crippen LogP contribution in [-0.4, -0.2) is 49.3 Å². The zero-order chi connectivity index (χ0) is 14.4. The van der Waals surface area contributed by atoms with Crippen LogP contribution in [0.1, 0.15) is 52.4 Å². The van der Waals surface area contributed by atoms with Crippen molar-refractivity contribution in [2.24, 2.45) is 5.92 Å². The van der Waals surface area contributed by atoms with Gasteiger partial charge in [-0.15, -0.1) is 0 Å². The first-order valence-corrected chi connectivity index (χ1v) is 8.15. The zero-order valence-corrected chi connectivity index (χ0v) is 13.0. The molecule has 1 atom stereocenters. The van der Waals surface area contributed by atoms with Crippen LogP contribution < -0.4 is 0 Å². The van der Waals surface area contributed by atoms with Crippen LogP contribution in [-0.2, 0) is 14.3 Å². The van der Waals surface area contributed by atoms with Crippen LogP contribution in [0.2, 0.25) is 0 Å². The van der Waals surface area contributed by atoms with Crippen molar-refractivity contribution in [3.8, 4) is 0 Å². The molecule has 0 spiro atoms. The van der Waals surface area contributed by atoms with Gasteiger partial charge in [0.25, 0.3) is 0 Å². The minimum atomic E-state index is 0.255. The van der Waals surface area contributed by atoms with Crippen molar-refractivity contribution in [1.82, 2.24) is 4.90 Å². The summed E-state index contributed by atoms with van der Waals surface area (Å²) in [6, 6.07) is 0.513. The van der Waals surface area contributed by atoms with E-state index in [1.54, 1.807) is 0 Å². The molecule has 4 heteroatoms. The molecule has 116 valence electrons. The van der Waals surface area contributed by atoms with Crippen LogP contribution in [0, 0.1) is 5.92 Å². The predicted octanol–water partition coefficient (Wildman–Crippen LogP) is 2.61. The van der Waals surface area contributed by atoms with Crippen molar-refractivity contribution in [2.75, 3.05) is 26.4 Å². The molecule has 0 radical (unpaired) electrons. The van der Waals surface area contributed by atoms with Crippen LogP contribution in [0.4, 0.5) is 0 Å². The Morgan fingerprint density at radius 2 is 2.15 bits per heavy atom. The maximum absolute atomic E-state index is 12.2. The molecular weight excluding hydrogens is 254 g/mol. The Morgan fingerprint density at radius 3 is 2.75 bits per heavy atom. The van der Waals surface area contributed by atoms with Gasteiger partial charge in [-0.25, -0.2) is 0 Å². The molecule has 0 aromatic heterocycles. The highest BCUT2D eigenvalue weighted by Crippen LogP contribution is 2.28. The molecule has 1 amide bonds. The lowest BCUT2D eigenvalue weighted by atomic mass is 10.1. The Hall–Kier alpha value is -0.610. The van der Waals surface area contributed by atoms with Gasteiger partial charge in [0.15, 0.2) is 0 Å². The molecule has 0 bridgehead atoms. The van der Waals surface area contributed by atoms with Crippen molar-refractivity contribution in [3.05, 3.63) is 0 Å². The molecule has 0 aromatic carbocycles. The summed E-state index contributed by atoms with van der Waals surface area (Å²) < 4.78 is 11.1. The number of nitrogens with zero attached hydrogens (tertiary/aromatic N) is 1. The first kappa shape index (κ1) is 15.8. The molecule has 2 fully saturated rings. The standard InChI is InChI=1S/C16H29NO3/c1-13(2)7-9-17(14-5-6-14)16(18)8-11-19-12-15-4-3-10-20-15/h13-15H,3-12H2,1-2H3. The summed E-state index contributed by atoms with van der Waals surface area (Å²) in [5.74, 6) is 0.917. The second-order valence-electron chi connectivity index (χ2n) is 6.46. The smallest absolute Gasteiger partial charge is 0.225 e. The molecule has 1 heterocycles. The summed E-state index contributed by atoms with van der Waals surface area (Å²) >= 11 is 0. The summed E-state index contributed by atoms with van der Waals surface area (Å²) in [7, 11) is 0. The van der Waals surface area contributed by atoms with Crippen molar-refractivity contribution >= 4 is 5.91 Å². The van der Waals surface area contributed by atoms with Gasteiger partial charge in [0.2, 0.25) is 5.91 Å². The fourth-order valence-electron chi connectivity index (χ4n) is 2.59. The van der Waals surface area contributed by atoms with E-state index in [2.05, 4.69) is 18.7 Å². The Bertz CT molecular complexity index is 296. The Morgan fingerprint density at radius 1 is 1.35 bits per heavy atom. The number of rotatable bonds is 9. The minimum Gasteiger partial charge on any atom is -0.378 e. The van der Waals surface area contributed by atoms with Crippen LogP contribution in [0.15, 0.2) is 0 Å². The lowest BCUT2D eigenvalue weighted by molar-refractivity contribution is -0.133. The molecular formula is C16H29NO3. The van der Waals surface area contributed by atoms with Gasteiger partial charge in [-0.3, -0.25) is 4.79 Å². The second kappa shape index (κ2) is 7.99. The molecule has 1 unspecified atom stereocenters. The van der Waals surface area contributed by atoms with Crippen molar-refractivity contribution in [1.29, 1.82) is 0 Å². The van der Waals surface area contributed by atoms with Crippen LogP contribution in [0.5, 0.6) is 0 Å². The molecule has 2 aliphatic rings. The summed E-state index contributed by atoms with van der Waals surface area (Å²) in [5, 5.41) is 0. The molecule has 0 N–H and O–H groups in total. The zero-order valence-electron chi connectivity index (χ0n) is 13.0. The van der Waals surface area contributed by atoms with Gasteiger partial charge in [-0.05, 0) is 38.0 Å². The third-order valence-electron chi connectivity index (χ3n) is 4.04. The third-order valence-corrected chi connectivity index (χ3v) is 4.04. The number of amides is 1. The third kappa shape index (κ3) is 5.41. The Labute approximate surface area is 122 Å². The normalized spacial score (nSPS) is 22.4. The topological polar surface area (TPSA) is 38.8 Å². The lowest BCUT2D eigenvalue weighted by Crippen LogP contribution is -2.35. The van der Waals surface area contributed by atoms with E-state index in [4.69, 9.17) is 9.47 Å². The van der Waals surface area contributed by atoms with E-state index >= 15 is 0 Å². The second-order valence-corrected chi connectivity index (χ2v) is 6.46. The highest BCUT2D eigenvalue weighted by Gasteiger charge is 2.31. The highest BCUT2D eigenvalue weighted by atomic mass is 16.5. The number of ether oxygens (including phenoxy) is 2. The van der Waals surface area contributed by atoms with Gasteiger partial charge in [0.1, 0.15) is 0 Å². The number of hydrogen-bond donors (Lipinski definition) is 0. The average Bonchev–Trinajstić information content (AvgIpc) is 3.11. The number of carbonyl (C=O) groups excluding carboxylic acids is 1. The van der Waals surface area contributed by atoms with E-state index in [9.17, 15) is 4.79 Å². The summed E-state index contributed by atoms with van der Waals surface area (Å²) in [6.45, 7) is 7.36. The van der Waals surface area contributed by atoms with E-state index in [1.807, 2.05) is 0 Å². The van der Waals surface area contributed by atoms with E-state index in [0.29, 0.717) is 31.6 Å². The van der Waals surface area contributed by atoms with Gasteiger partial charge in [-0.1, -0.05) is 13.8 Å². The van der Waals surface area contributed by atoms with Gasteiger partial charge >= 0.3 is 0 Å². The molecule has 0 aromatic rings. The summed E-state index contributed by atoms with van der Waals surface area (Å²) in [6.07, 6.45) is 6.46. The molecule has 1 aliphatic heterocycles. The maximum Gasteiger partial charge on any atom is 0.225 e. The molecule has 1 saturated carbocycles. The Balaban J connectivity index is 1.60. The highest BCUT2D eigenvalue weighted by molar-refractivity contribution is 5.77. The fraction of sp³-hybridized carbons (Fsp3) is 0.938. The maximum atomic E-state index is 12.2. The van der Waals surface area contributed by atoms with Gasteiger partial charge in [0, 0.05) is 19.2 Å². The van der Waals surface area contributed by atoms with Gasteiger partial charge in [0.05, 0.1) is 25.7 Å². The van der Waals surface area contributed by atoms with Crippen LogP contribution >= 0.6 is 0 Å². The first-order chi connectivity index (χ1) is 9.66. The molecule has 1 aliphatic carbocycles. The van der Waals surface area contributed by atoms with Gasteiger partial charge in [-0.2, -0.15) is 0 Å². The van der Waals surface area contributed by atoms with Crippen LogP contribution in [0.25, 0.3) is 0 Å². The molecule has 20 heavy (non-hydrogen) atoms. The monoisotopic (exact) mass is 283 g/mol. The van der Waals surface area contributed by atoms with E-state index in [1.165, 1.54) is 12.8 Å². The average molecular weight is 283 g/mol. The van der Waals surface area contributed by atoms with Gasteiger partial charge < -0.3 is 14.4 Å². The quantitative estimate of drug-likeness (QED) is 0.611. The number of hydrogen-bond acceptors (Lipinski definition) is 3. The van der Waals surface area contributed by atoms with Crippen molar-refractivity contribution in [2.45, 2.75) is 64.5 Å². The molecule has 1 saturated heterocycles. The summed E-state index contributed by atoms with van der Waals surface area (Å²) in [4.78, 5) is 14.3. The molecule has 4 nitrogen and oxygen atoms in total. The molecule has 2 rings (SSSR count). The SMILES string of the molecule is CC(C)CCN(C(=O)CCOCC1CCCO1)C1CC1. The largest absolute Gasteiger partial charge is 0.378 e. The van der Waals surface area contributed by atoms with E-state index in [-0.39, 0.29) is 12.0 Å². The van der Waals surface area contributed by atoms with E-state index < -0.39 is 0 Å². The van der Waals surface area contributed by atoms with Crippen LogP contribution in [0.3, 0.4) is 0 Å². The van der Waals surface area contributed by atoms with E-state index in [0.717, 1.165) is 32.4 Å².